The van der Waals surface area contributed by atoms with Gasteiger partial charge in [0.05, 0.1) is 0 Å². The third-order valence-corrected chi connectivity index (χ3v) is 0.872. The van der Waals surface area contributed by atoms with E-state index in [1.54, 1.807) is 19.0 Å². The van der Waals surface area contributed by atoms with Crippen molar-refractivity contribution in [2.45, 2.75) is 0 Å². The van der Waals surface area contributed by atoms with Crippen LogP contribution in [-0.4, -0.2) is 36.2 Å². The molecule has 0 spiro atoms. The molecule has 0 heterocycles. The molecule has 0 aromatic heterocycles. The summed E-state index contributed by atoms with van der Waals surface area (Å²) in [6.07, 6.45) is 0. The maximum absolute atomic E-state index is 8.41. The van der Waals surface area contributed by atoms with Crippen molar-refractivity contribution in [1.82, 2.24) is 4.90 Å². The van der Waals surface area contributed by atoms with Crippen LogP contribution in [0.4, 0.5) is 0 Å². The van der Waals surface area contributed by atoms with E-state index < -0.39 is 7.12 Å². The normalized spacial score (nSPS) is 8.50. The second-order valence-corrected chi connectivity index (χ2v) is 1.76. The quantitative estimate of drug-likeness (QED) is 0.457. The SMILES string of the molecule is C=C(B(O)O)N(C)C. The monoisotopic (exact) mass is 115 g/mol. The molecule has 0 unspecified atom stereocenters. The zero-order valence-electron chi connectivity index (χ0n) is 5.13. The third-order valence-electron chi connectivity index (χ3n) is 0.872. The number of hydrogen-bond acceptors (Lipinski definition) is 3. The molecule has 0 radical (unpaired) electrons. The highest BCUT2D eigenvalue weighted by Gasteiger charge is 2.12. The van der Waals surface area contributed by atoms with Gasteiger partial charge in [0.2, 0.25) is 0 Å². The lowest BCUT2D eigenvalue weighted by Crippen LogP contribution is -2.25. The Hall–Kier alpha value is -0.475. The maximum atomic E-state index is 8.41. The molecule has 0 saturated carbocycles. The molecular formula is C4H10BNO2. The van der Waals surface area contributed by atoms with Crippen molar-refractivity contribution < 1.29 is 10.0 Å². The van der Waals surface area contributed by atoms with Gasteiger partial charge in [-0.3, -0.25) is 0 Å². The lowest BCUT2D eigenvalue weighted by molar-refractivity contribution is 0.390. The molecule has 0 fully saturated rings. The van der Waals surface area contributed by atoms with Gasteiger partial charge in [-0.05, 0) is 0 Å². The minimum atomic E-state index is -1.43. The molecule has 8 heavy (non-hydrogen) atoms. The van der Waals surface area contributed by atoms with E-state index in [-0.39, 0.29) is 0 Å². The molecule has 0 aromatic carbocycles. The van der Waals surface area contributed by atoms with Crippen LogP contribution in [0.2, 0.25) is 0 Å². The van der Waals surface area contributed by atoms with Crippen LogP contribution in [0.1, 0.15) is 0 Å². The van der Waals surface area contributed by atoms with Gasteiger partial charge < -0.3 is 14.9 Å². The largest absolute Gasteiger partial charge is 0.504 e. The summed E-state index contributed by atoms with van der Waals surface area (Å²) in [5.41, 5.74) is 0.296. The van der Waals surface area contributed by atoms with Crippen molar-refractivity contribution in [3.05, 3.63) is 12.2 Å². The lowest BCUT2D eigenvalue weighted by atomic mass is 9.86. The van der Waals surface area contributed by atoms with Crippen LogP contribution in [0.3, 0.4) is 0 Å². The van der Waals surface area contributed by atoms with Gasteiger partial charge in [0, 0.05) is 19.7 Å². The molecule has 0 saturated heterocycles. The Morgan fingerprint density at radius 3 is 1.88 bits per heavy atom. The second-order valence-electron chi connectivity index (χ2n) is 1.76. The molecule has 0 aliphatic carbocycles. The number of nitrogens with zero attached hydrogens (tertiary/aromatic N) is 1. The van der Waals surface area contributed by atoms with Crippen LogP contribution >= 0.6 is 0 Å². The van der Waals surface area contributed by atoms with Crippen LogP contribution in [0.25, 0.3) is 0 Å². The predicted octanol–water partition coefficient (Wildman–Crippen LogP) is -0.926. The minimum absolute atomic E-state index is 0.296. The summed E-state index contributed by atoms with van der Waals surface area (Å²) in [6.45, 7) is 3.38. The van der Waals surface area contributed by atoms with Crippen molar-refractivity contribution in [2.24, 2.45) is 0 Å². The highest BCUT2D eigenvalue weighted by atomic mass is 16.4. The average Bonchev–Trinajstić information content (AvgIpc) is 1.64. The summed E-state index contributed by atoms with van der Waals surface area (Å²) >= 11 is 0. The fourth-order valence-electron chi connectivity index (χ4n) is 0.231. The molecule has 0 atom stereocenters. The topological polar surface area (TPSA) is 43.7 Å². The van der Waals surface area contributed by atoms with Gasteiger partial charge in [-0.25, -0.2) is 0 Å². The first-order valence-corrected chi connectivity index (χ1v) is 2.28. The first-order chi connectivity index (χ1) is 3.55. The first-order valence-electron chi connectivity index (χ1n) is 2.28. The molecule has 3 nitrogen and oxygen atoms in total. The van der Waals surface area contributed by atoms with Gasteiger partial charge in [0.1, 0.15) is 0 Å². The molecule has 2 N–H and O–H groups in total. The highest BCUT2D eigenvalue weighted by molar-refractivity contribution is 6.50. The van der Waals surface area contributed by atoms with Crippen LogP contribution < -0.4 is 0 Å². The predicted molar refractivity (Wildman–Crippen MR) is 33.0 cm³/mol. The Morgan fingerprint density at radius 1 is 1.50 bits per heavy atom. The van der Waals surface area contributed by atoms with Crippen LogP contribution in [0, 0.1) is 0 Å². The number of rotatable bonds is 2. The summed E-state index contributed by atoms with van der Waals surface area (Å²) in [4.78, 5) is 1.55. The van der Waals surface area contributed by atoms with Crippen molar-refractivity contribution >= 4 is 7.12 Å². The van der Waals surface area contributed by atoms with Gasteiger partial charge >= 0.3 is 7.12 Å². The van der Waals surface area contributed by atoms with E-state index >= 15 is 0 Å². The Morgan fingerprint density at radius 2 is 1.88 bits per heavy atom. The van der Waals surface area contributed by atoms with Gasteiger partial charge in [-0.15, -0.1) is 0 Å². The molecule has 0 aliphatic rings. The zero-order chi connectivity index (χ0) is 6.73. The standard InChI is InChI=1S/C4H10BNO2/c1-4(5(7)8)6(2)3/h7-8H,1H2,2-3H3. The lowest BCUT2D eigenvalue weighted by Gasteiger charge is -2.13. The zero-order valence-corrected chi connectivity index (χ0v) is 5.13. The molecule has 0 rings (SSSR count). The highest BCUT2D eigenvalue weighted by Crippen LogP contribution is 1.93. The second kappa shape index (κ2) is 2.74. The van der Waals surface area contributed by atoms with E-state index in [2.05, 4.69) is 6.58 Å². The van der Waals surface area contributed by atoms with E-state index in [1.165, 1.54) is 0 Å². The summed E-state index contributed by atoms with van der Waals surface area (Å²) in [5.74, 6) is 0. The van der Waals surface area contributed by atoms with Gasteiger partial charge in [0.25, 0.3) is 0 Å². The fourth-order valence-corrected chi connectivity index (χ4v) is 0.231. The molecule has 0 aromatic rings. The van der Waals surface area contributed by atoms with E-state index in [4.69, 9.17) is 10.0 Å². The van der Waals surface area contributed by atoms with Gasteiger partial charge in [-0.1, -0.05) is 6.58 Å². The molecule has 4 heteroatoms. The summed E-state index contributed by atoms with van der Waals surface area (Å²) in [7, 11) is 1.97. The summed E-state index contributed by atoms with van der Waals surface area (Å²) < 4.78 is 0. The van der Waals surface area contributed by atoms with Crippen LogP contribution in [0.5, 0.6) is 0 Å². The van der Waals surface area contributed by atoms with Crippen molar-refractivity contribution in [1.29, 1.82) is 0 Å². The molecule has 46 valence electrons. The molecule has 0 aliphatic heterocycles. The third kappa shape index (κ3) is 2.00. The van der Waals surface area contributed by atoms with E-state index in [0.717, 1.165) is 0 Å². The molecule has 0 bridgehead atoms. The average molecular weight is 115 g/mol. The molecular weight excluding hydrogens is 105 g/mol. The summed E-state index contributed by atoms with van der Waals surface area (Å²) in [6, 6.07) is 0. The van der Waals surface area contributed by atoms with Crippen LogP contribution in [-0.2, 0) is 0 Å². The van der Waals surface area contributed by atoms with Gasteiger partial charge in [-0.2, -0.15) is 0 Å². The van der Waals surface area contributed by atoms with E-state index in [0.29, 0.717) is 5.60 Å². The van der Waals surface area contributed by atoms with Crippen LogP contribution in [0.15, 0.2) is 12.2 Å². The Bertz CT molecular complexity index is 82.0. The Balaban J connectivity index is 3.65. The Kier molecular flexibility index (Phi) is 2.58. The van der Waals surface area contributed by atoms with E-state index in [9.17, 15) is 0 Å². The number of hydrogen-bond donors (Lipinski definition) is 2. The van der Waals surface area contributed by atoms with Crippen molar-refractivity contribution in [3.63, 3.8) is 0 Å². The minimum Gasteiger partial charge on any atom is -0.422 e. The fraction of sp³-hybridized carbons (Fsp3) is 0.500. The first kappa shape index (κ1) is 7.52. The maximum Gasteiger partial charge on any atom is 0.504 e. The summed E-state index contributed by atoms with van der Waals surface area (Å²) in [5, 5.41) is 16.8. The van der Waals surface area contributed by atoms with E-state index in [1.807, 2.05) is 0 Å². The Labute approximate surface area is 49.4 Å². The van der Waals surface area contributed by atoms with Crippen molar-refractivity contribution in [3.8, 4) is 0 Å². The van der Waals surface area contributed by atoms with Gasteiger partial charge in [0.15, 0.2) is 0 Å². The van der Waals surface area contributed by atoms with Crippen molar-refractivity contribution in [2.75, 3.05) is 14.1 Å². The smallest absolute Gasteiger partial charge is 0.422 e. The molecule has 0 amide bonds.